The maximum atomic E-state index is 4.74. The molecule has 102 valence electrons. The molecule has 1 aromatic rings. The van der Waals surface area contributed by atoms with E-state index < -0.39 is 0 Å². The van der Waals surface area contributed by atoms with Crippen molar-refractivity contribution in [3.8, 4) is 0 Å². The van der Waals surface area contributed by atoms with Gasteiger partial charge < -0.3 is 5.32 Å². The van der Waals surface area contributed by atoms with E-state index in [4.69, 9.17) is 5.10 Å². The molecule has 0 saturated heterocycles. The molecular weight excluding hydrogens is 222 g/mol. The smallest absolute Gasteiger partial charge is 0.0630 e. The molecule has 0 spiro atoms. The van der Waals surface area contributed by atoms with Gasteiger partial charge in [-0.25, -0.2) is 0 Å². The molecule has 0 aromatic carbocycles. The van der Waals surface area contributed by atoms with Crippen LogP contribution in [0.15, 0.2) is 12.3 Å². The molecule has 1 aliphatic carbocycles. The summed E-state index contributed by atoms with van der Waals surface area (Å²) in [6, 6.07) is 2.72. The molecule has 0 bridgehead atoms. The highest BCUT2D eigenvalue weighted by molar-refractivity contribution is 5.06. The predicted molar refractivity (Wildman–Crippen MR) is 75.8 cm³/mol. The van der Waals surface area contributed by atoms with E-state index in [1.807, 2.05) is 0 Å². The molecule has 1 fully saturated rings. The molecule has 0 radical (unpaired) electrons. The molecule has 3 nitrogen and oxygen atoms in total. The van der Waals surface area contributed by atoms with Gasteiger partial charge in [0.2, 0.25) is 0 Å². The van der Waals surface area contributed by atoms with E-state index in [0.717, 1.165) is 25.9 Å². The van der Waals surface area contributed by atoms with Crippen LogP contribution >= 0.6 is 0 Å². The molecule has 3 heteroatoms. The second-order valence-corrected chi connectivity index (χ2v) is 5.86. The lowest BCUT2D eigenvalue weighted by atomic mass is 9.66. The quantitative estimate of drug-likeness (QED) is 0.804. The van der Waals surface area contributed by atoms with Crippen LogP contribution < -0.4 is 5.32 Å². The summed E-state index contributed by atoms with van der Waals surface area (Å²) in [5.41, 5.74) is 1.76. The van der Waals surface area contributed by atoms with Gasteiger partial charge in [-0.1, -0.05) is 20.3 Å². The fraction of sp³-hybridized carbons (Fsp3) is 0.800. The molecule has 1 aliphatic rings. The highest BCUT2D eigenvalue weighted by Crippen LogP contribution is 2.42. The van der Waals surface area contributed by atoms with Crippen LogP contribution in [-0.2, 0) is 6.42 Å². The third kappa shape index (κ3) is 2.94. The molecule has 18 heavy (non-hydrogen) atoms. The van der Waals surface area contributed by atoms with Crippen LogP contribution in [0.2, 0.25) is 0 Å². The highest BCUT2D eigenvalue weighted by Gasteiger charge is 2.37. The number of nitrogens with zero attached hydrogens (tertiary/aromatic N) is 2. The van der Waals surface area contributed by atoms with Crippen LogP contribution in [0.25, 0.3) is 0 Å². The Morgan fingerprint density at radius 1 is 1.44 bits per heavy atom. The van der Waals surface area contributed by atoms with Gasteiger partial charge in [0.1, 0.15) is 0 Å². The van der Waals surface area contributed by atoms with Gasteiger partial charge in [-0.15, -0.1) is 0 Å². The molecule has 2 rings (SSSR count). The predicted octanol–water partition coefficient (Wildman–Crippen LogP) is 3.18. The van der Waals surface area contributed by atoms with Crippen molar-refractivity contribution in [1.82, 2.24) is 15.1 Å². The first-order chi connectivity index (χ1) is 8.69. The van der Waals surface area contributed by atoms with Crippen molar-refractivity contribution in [2.24, 2.45) is 5.41 Å². The van der Waals surface area contributed by atoms with Gasteiger partial charge in [-0.2, -0.15) is 5.10 Å². The van der Waals surface area contributed by atoms with Crippen molar-refractivity contribution in [1.29, 1.82) is 0 Å². The lowest BCUT2D eigenvalue weighted by Gasteiger charge is -2.42. The van der Waals surface area contributed by atoms with Gasteiger partial charge in [0.15, 0.2) is 0 Å². The Morgan fingerprint density at radius 2 is 2.22 bits per heavy atom. The Hall–Kier alpha value is -0.830. The van der Waals surface area contributed by atoms with Crippen LogP contribution in [0.3, 0.4) is 0 Å². The zero-order chi connectivity index (χ0) is 13.0. The Balaban J connectivity index is 1.97. The SMILES string of the molecule is CCNCC1(Cc2ccn(C(C)CC)n2)CCC1. The summed E-state index contributed by atoms with van der Waals surface area (Å²) >= 11 is 0. The molecular formula is C15H27N3. The highest BCUT2D eigenvalue weighted by atomic mass is 15.3. The Labute approximate surface area is 111 Å². The molecule has 1 N–H and O–H groups in total. The zero-order valence-corrected chi connectivity index (χ0v) is 12.1. The van der Waals surface area contributed by atoms with Gasteiger partial charge in [0.05, 0.1) is 5.69 Å². The summed E-state index contributed by atoms with van der Waals surface area (Å²) < 4.78 is 2.12. The second-order valence-electron chi connectivity index (χ2n) is 5.86. The van der Waals surface area contributed by atoms with E-state index in [1.54, 1.807) is 0 Å². The lowest BCUT2D eigenvalue weighted by Crippen LogP contribution is -2.41. The van der Waals surface area contributed by atoms with Crippen LogP contribution in [0, 0.1) is 5.41 Å². The monoisotopic (exact) mass is 249 g/mol. The Kier molecular flexibility index (Phi) is 4.44. The molecule has 1 atom stereocenters. The largest absolute Gasteiger partial charge is 0.316 e. The third-order valence-corrected chi connectivity index (χ3v) is 4.43. The maximum absolute atomic E-state index is 4.74. The zero-order valence-electron chi connectivity index (χ0n) is 12.1. The van der Waals surface area contributed by atoms with Crippen molar-refractivity contribution in [3.63, 3.8) is 0 Å². The first-order valence-corrected chi connectivity index (χ1v) is 7.44. The standard InChI is InChI=1S/C15H27N3/c1-4-13(3)18-10-7-14(17-18)11-15(8-6-9-15)12-16-5-2/h7,10,13,16H,4-6,8-9,11-12H2,1-3H3. The summed E-state index contributed by atoms with van der Waals surface area (Å²) in [4.78, 5) is 0. The Morgan fingerprint density at radius 3 is 2.78 bits per heavy atom. The first kappa shape index (κ1) is 13.6. The molecule has 0 amide bonds. The van der Waals surface area contributed by atoms with E-state index >= 15 is 0 Å². The average molecular weight is 249 g/mol. The van der Waals surface area contributed by atoms with Crippen LogP contribution in [-0.4, -0.2) is 22.9 Å². The minimum atomic E-state index is 0.491. The molecule has 1 aromatic heterocycles. The van der Waals surface area contributed by atoms with E-state index in [9.17, 15) is 0 Å². The van der Waals surface area contributed by atoms with Gasteiger partial charge in [-0.05, 0) is 50.6 Å². The van der Waals surface area contributed by atoms with E-state index in [1.165, 1.54) is 25.0 Å². The molecule has 1 saturated carbocycles. The number of hydrogen-bond acceptors (Lipinski definition) is 2. The fourth-order valence-corrected chi connectivity index (χ4v) is 2.77. The van der Waals surface area contributed by atoms with E-state index in [2.05, 4.69) is 43.0 Å². The van der Waals surface area contributed by atoms with E-state index in [-0.39, 0.29) is 0 Å². The van der Waals surface area contributed by atoms with Crippen LogP contribution in [0.4, 0.5) is 0 Å². The lowest BCUT2D eigenvalue weighted by molar-refractivity contribution is 0.129. The maximum Gasteiger partial charge on any atom is 0.0630 e. The summed E-state index contributed by atoms with van der Waals surface area (Å²) in [6.07, 6.45) is 8.53. The first-order valence-electron chi connectivity index (χ1n) is 7.44. The normalized spacial score (nSPS) is 19.5. The van der Waals surface area contributed by atoms with Gasteiger partial charge in [-0.3, -0.25) is 4.68 Å². The molecule has 0 aliphatic heterocycles. The van der Waals surface area contributed by atoms with Gasteiger partial charge in [0, 0.05) is 18.8 Å². The summed E-state index contributed by atoms with van der Waals surface area (Å²) in [7, 11) is 0. The summed E-state index contributed by atoms with van der Waals surface area (Å²) in [5, 5.41) is 8.26. The number of aromatic nitrogens is 2. The molecule has 1 unspecified atom stereocenters. The van der Waals surface area contributed by atoms with E-state index in [0.29, 0.717) is 11.5 Å². The summed E-state index contributed by atoms with van der Waals surface area (Å²) in [6.45, 7) is 8.85. The number of rotatable bonds is 7. The van der Waals surface area contributed by atoms with Crippen molar-refractivity contribution in [2.75, 3.05) is 13.1 Å². The Bertz CT molecular complexity index is 366. The van der Waals surface area contributed by atoms with Gasteiger partial charge in [0.25, 0.3) is 0 Å². The average Bonchev–Trinajstić information content (AvgIpc) is 2.79. The van der Waals surface area contributed by atoms with Crippen molar-refractivity contribution in [3.05, 3.63) is 18.0 Å². The summed E-state index contributed by atoms with van der Waals surface area (Å²) in [5.74, 6) is 0. The minimum Gasteiger partial charge on any atom is -0.316 e. The van der Waals surface area contributed by atoms with Crippen molar-refractivity contribution in [2.45, 2.75) is 58.9 Å². The van der Waals surface area contributed by atoms with Crippen molar-refractivity contribution >= 4 is 0 Å². The number of nitrogens with one attached hydrogen (secondary N) is 1. The van der Waals surface area contributed by atoms with Gasteiger partial charge >= 0.3 is 0 Å². The third-order valence-electron chi connectivity index (χ3n) is 4.43. The molecule has 1 heterocycles. The van der Waals surface area contributed by atoms with Crippen LogP contribution in [0.1, 0.15) is 58.2 Å². The van der Waals surface area contributed by atoms with Crippen LogP contribution in [0.5, 0.6) is 0 Å². The second kappa shape index (κ2) is 5.87. The number of hydrogen-bond donors (Lipinski definition) is 1. The minimum absolute atomic E-state index is 0.491. The fourth-order valence-electron chi connectivity index (χ4n) is 2.77. The topological polar surface area (TPSA) is 29.9 Å². The van der Waals surface area contributed by atoms with Crippen molar-refractivity contribution < 1.29 is 0 Å².